The van der Waals surface area contributed by atoms with E-state index in [1.165, 1.54) is 21.1 Å². The third kappa shape index (κ3) is 5.25. The summed E-state index contributed by atoms with van der Waals surface area (Å²) in [5.74, 6) is 0.387. The molecule has 0 spiro atoms. The fourth-order valence-corrected chi connectivity index (χ4v) is 2.70. The number of amides is 1. The molecule has 0 radical (unpaired) electrons. The molecule has 2 aromatic rings. The lowest BCUT2D eigenvalue weighted by atomic mass is 10.2. The molecular formula is C16H16F3N3O3S. The standard InChI is InChI=1S/C16H16F3N3O3S/c1-9-6-13(16(17,18)19)22-15(20-9)26-8-14(23)21-10-4-5-11(24-2)12(7-10)25-3/h4-7H,8H2,1-3H3,(H,21,23). The number of halogens is 3. The van der Waals surface area contributed by atoms with Gasteiger partial charge in [0.1, 0.15) is 5.69 Å². The number of rotatable bonds is 6. The van der Waals surface area contributed by atoms with E-state index in [1.807, 2.05) is 0 Å². The Kier molecular flexibility index (Phi) is 6.30. The molecule has 26 heavy (non-hydrogen) atoms. The molecule has 1 aromatic carbocycles. The van der Waals surface area contributed by atoms with Gasteiger partial charge in [0.05, 0.1) is 20.0 Å². The first-order chi connectivity index (χ1) is 12.2. The quantitative estimate of drug-likeness (QED) is 0.604. The number of hydrogen-bond acceptors (Lipinski definition) is 6. The van der Waals surface area contributed by atoms with E-state index in [1.54, 1.807) is 18.2 Å². The van der Waals surface area contributed by atoms with E-state index in [0.29, 0.717) is 17.2 Å². The molecular weight excluding hydrogens is 371 g/mol. The van der Waals surface area contributed by atoms with Gasteiger partial charge >= 0.3 is 6.18 Å². The van der Waals surface area contributed by atoms with E-state index in [4.69, 9.17) is 9.47 Å². The highest BCUT2D eigenvalue weighted by molar-refractivity contribution is 7.99. The van der Waals surface area contributed by atoms with E-state index in [0.717, 1.165) is 17.8 Å². The molecule has 10 heteroatoms. The fourth-order valence-electron chi connectivity index (χ4n) is 1.99. The maximum absolute atomic E-state index is 12.8. The van der Waals surface area contributed by atoms with Gasteiger partial charge in [-0.15, -0.1) is 0 Å². The lowest BCUT2D eigenvalue weighted by Crippen LogP contribution is -2.15. The predicted molar refractivity (Wildman–Crippen MR) is 90.7 cm³/mol. The fraction of sp³-hybridized carbons (Fsp3) is 0.312. The predicted octanol–water partition coefficient (Wildman–Crippen LogP) is 3.55. The maximum Gasteiger partial charge on any atom is 0.433 e. The Hall–Kier alpha value is -2.49. The highest BCUT2D eigenvalue weighted by atomic mass is 32.2. The number of carbonyl (C=O) groups excluding carboxylic acids is 1. The van der Waals surface area contributed by atoms with E-state index in [2.05, 4.69) is 15.3 Å². The minimum Gasteiger partial charge on any atom is -0.493 e. The molecule has 0 saturated heterocycles. The number of aryl methyl sites for hydroxylation is 1. The minimum atomic E-state index is -4.56. The van der Waals surface area contributed by atoms with Crippen molar-refractivity contribution in [3.8, 4) is 11.5 Å². The lowest BCUT2D eigenvalue weighted by molar-refractivity contribution is -0.141. The summed E-state index contributed by atoms with van der Waals surface area (Å²) < 4.78 is 48.5. The summed E-state index contributed by atoms with van der Waals surface area (Å²) >= 11 is 0.820. The molecule has 140 valence electrons. The van der Waals surface area contributed by atoms with Gasteiger partial charge < -0.3 is 14.8 Å². The van der Waals surface area contributed by atoms with Crippen LogP contribution in [0.5, 0.6) is 11.5 Å². The number of carbonyl (C=O) groups is 1. The van der Waals surface area contributed by atoms with Gasteiger partial charge in [0, 0.05) is 17.4 Å². The summed E-state index contributed by atoms with van der Waals surface area (Å²) in [6, 6.07) is 5.68. The first kappa shape index (κ1) is 19.8. The SMILES string of the molecule is COc1ccc(NC(=O)CSc2nc(C)cc(C(F)(F)F)n2)cc1OC. The van der Waals surface area contributed by atoms with Crippen molar-refractivity contribution in [1.29, 1.82) is 0 Å². The number of aromatic nitrogens is 2. The highest BCUT2D eigenvalue weighted by Crippen LogP contribution is 2.31. The molecule has 0 fully saturated rings. The largest absolute Gasteiger partial charge is 0.493 e. The van der Waals surface area contributed by atoms with Crippen LogP contribution in [-0.4, -0.2) is 35.8 Å². The van der Waals surface area contributed by atoms with E-state index in [-0.39, 0.29) is 16.6 Å². The Morgan fingerprint density at radius 2 is 1.85 bits per heavy atom. The molecule has 1 heterocycles. The lowest BCUT2D eigenvalue weighted by Gasteiger charge is -2.11. The van der Waals surface area contributed by atoms with E-state index < -0.39 is 17.8 Å². The van der Waals surface area contributed by atoms with Crippen LogP contribution in [-0.2, 0) is 11.0 Å². The second-order valence-electron chi connectivity index (χ2n) is 5.08. The third-order valence-corrected chi connectivity index (χ3v) is 3.97. The van der Waals surface area contributed by atoms with Crippen LogP contribution in [0.4, 0.5) is 18.9 Å². The summed E-state index contributed by atoms with van der Waals surface area (Å²) in [6.07, 6.45) is -4.56. The van der Waals surface area contributed by atoms with Crippen LogP contribution in [0.2, 0.25) is 0 Å². The number of thioether (sulfide) groups is 1. The first-order valence-corrected chi connectivity index (χ1v) is 8.29. The Labute approximate surface area is 152 Å². The summed E-state index contributed by atoms with van der Waals surface area (Å²) in [5, 5.41) is 2.51. The van der Waals surface area contributed by atoms with Gasteiger partial charge in [0.15, 0.2) is 16.7 Å². The zero-order chi connectivity index (χ0) is 19.3. The van der Waals surface area contributed by atoms with Crippen molar-refractivity contribution >= 4 is 23.4 Å². The molecule has 0 aliphatic heterocycles. The second-order valence-corrected chi connectivity index (χ2v) is 6.02. The van der Waals surface area contributed by atoms with Crippen molar-refractivity contribution in [3.05, 3.63) is 35.7 Å². The summed E-state index contributed by atoms with van der Waals surface area (Å²) in [6.45, 7) is 1.44. The van der Waals surface area contributed by atoms with Crippen molar-refractivity contribution in [3.63, 3.8) is 0 Å². The second kappa shape index (κ2) is 8.26. The zero-order valence-corrected chi connectivity index (χ0v) is 15.0. The number of alkyl halides is 3. The molecule has 0 aliphatic carbocycles. The van der Waals surface area contributed by atoms with E-state index >= 15 is 0 Å². The van der Waals surface area contributed by atoms with Crippen LogP contribution in [0.3, 0.4) is 0 Å². The Morgan fingerprint density at radius 1 is 1.15 bits per heavy atom. The molecule has 1 aromatic heterocycles. The van der Waals surface area contributed by atoms with Crippen molar-refractivity contribution in [2.45, 2.75) is 18.3 Å². The first-order valence-electron chi connectivity index (χ1n) is 7.30. The molecule has 2 rings (SSSR count). The van der Waals surface area contributed by atoms with Crippen LogP contribution in [0.15, 0.2) is 29.4 Å². The monoisotopic (exact) mass is 387 g/mol. The molecule has 0 bridgehead atoms. The van der Waals surface area contributed by atoms with Gasteiger partial charge in [-0.2, -0.15) is 13.2 Å². The summed E-state index contributed by atoms with van der Waals surface area (Å²) in [5.41, 5.74) is -0.391. The molecule has 0 aliphatic rings. The van der Waals surface area contributed by atoms with Gasteiger partial charge in [-0.3, -0.25) is 4.79 Å². The number of hydrogen-bond donors (Lipinski definition) is 1. The Balaban J connectivity index is 2.02. The topological polar surface area (TPSA) is 73.3 Å². The normalized spacial score (nSPS) is 11.2. The average molecular weight is 387 g/mol. The molecule has 1 amide bonds. The maximum atomic E-state index is 12.8. The summed E-state index contributed by atoms with van der Waals surface area (Å²) in [4.78, 5) is 19.4. The number of nitrogens with one attached hydrogen (secondary N) is 1. The molecule has 6 nitrogen and oxygen atoms in total. The molecule has 0 unspecified atom stereocenters. The van der Waals surface area contributed by atoms with Gasteiger partial charge in [-0.1, -0.05) is 11.8 Å². The third-order valence-electron chi connectivity index (χ3n) is 3.12. The van der Waals surface area contributed by atoms with Crippen molar-refractivity contribution in [1.82, 2.24) is 9.97 Å². The number of methoxy groups -OCH3 is 2. The van der Waals surface area contributed by atoms with Crippen LogP contribution in [0.25, 0.3) is 0 Å². The molecule has 1 N–H and O–H groups in total. The summed E-state index contributed by atoms with van der Waals surface area (Å²) in [7, 11) is 2.95. The van der Waals surface area contributed by atoms with Gasteiger partial charge in [-0.25, -0.2) is 9.97 Å². The van der Waals surface area contributed by atoms with Crippen LogP contribution >= 0.6 is 11.8 Å². The smallest absolute Gasteiger partial charge is 0.433 e. The van der Waals surface area contributed by atoms with Gasteiger partial charge in [0.2, 0.25) is 5.91 Å². The Bertz CT molecular complexity index is 800. The van der Waals surface area contributed by atoms with Crippen molar-refractivity contribution in [2.75, 3.05) is 25.3 Å². The molecule has 0 saturated carbocycles. The van der Waals surface area contributed by atoms with Crippen LogP contribution < -0.4 is 14.8 Å². The van der Waals surface area contributed by atoms with Gasteiger partial charge in [-0.05, 0) is 25.1 Å². The zero-order valence-electron chi connectivity index (χ0n) is 14.2. The number of benzene rings is 1. The highest BCUT2D eigenvalue weighted by Gasteiger charge is 2.33. The average Bonchev–Trinajstić information content (AvgIpc) is 2.58. The minimum absolute atomic E-state index is 0.111. The van der Waals surface area contributed by atoms with E-state index in [9.17, 15) is 18.0 Å². The van der Waals surface area contributed by atoms with Crippen molar-refractivity contribution < 1.29 is 27.4 Å². The van der Waals surface area contributed by atoms with Gasteiger partial charge in [0.25, 0.3) is 0 Å². The number of nitrogens with zero attached hydrogens (tertiary/aromatic N) is 2. The van der Waals surface area contributed by atoms with Crippen molar-refractivity contribution in [2.24, 2.45) is 0 Å². The number of ether oxygens (including phenoxy) is 2. The Morgan fingerprint density at radius 3 is 2.46 bits per heavy atom. The molecule has 0 atom stereocenters. The van der Waals surface area contributed by atoms with Crippen LogP contribution in [0.1, 0.15) is 11.4 Å². The van der Waals surface area contributed by atoms with Crippen LogP contribution in [0, 0.1) is 6.92 Å². The number of anilines is 1.